The first-order valence-corrected chi connectivity index (χ1v) is 87.2. The van der Waals surface area contributed by atoms with E-state index in [0.717, 1.165) is 6.55 Å². The number of hydrogen-bond donors (Lipinski definition) is 21. The van der Waals surface area contributed by atoms with Gasteiger partial charge in [0.2, 0.25) is 101 Å². The first-order chi connectivity index (χ1) is 34.7. The normalized spacial score (nSPS) is 17.7. The van der Waals surface area contributed by atoms with Crippen molar-refractivity contribution in [3.63, 3.8) is 0 Å². The highest BCUT2D eigenvalue weighted by atomic mass is 30.5. The van der Waals surface area contributed by atoms with E-state index in [9.17, 15) is 101 Å². The molecule has 5 atom stereocenters. The van der Waals surface area contributed by atoms with E-state index in [1.54, 1.807) is 13.1 Å². The molecule has 0 aliphatic carbocycles. The van der Waals surface area contributed by atoms with Crippen LogP contribution >= 0.6 is 0 Å². The van der Waals surface area contributed by atoms with Crippen LogP contribution in [0.15, 0.2) is 0 Å². The Balaban J connectivity index is 13.0. The third-order valence-electron chi connectivity index (χ3n) is 9.25. The second kappa shape index (κ2) is 36.4. The van der Waals surface area contributed by atoms with Gasteiger partial charge in [-0.1, -0.05) is 13.1 Å². The van der Waals surface area contributed by atoms with Gasteiger partial charge in [0.05, 0.1) is 8.31 Å². The molecule has 33 nitrogen and oxygen atoms in total. The summed E-state index contributed by atoms with van der Waals surface area (Å²) in [5.74, 6) is 0. The van der Waals surface area contributed by atoms with E-state index in [-0.39, 0.29) is 0 Å². The molecule has 0 amide bonds. The molecule has 0 spiro atoms. The van der Waals surface area contributed by atoms with Crippen LogP contribution in [-0.2, 0) is 49.4 Å². The van der Waals surface area contributed by atoms with Crippen molar-refractivity contribution < 1.29 is 150 Å². The molecule has 0 aliphatic heterocycles. The van der Waals surface area contributed by atoms with Crippen LogP contribution in [0.1, 0.15) is 0 Å². The van der Waals surface area contributed by atoms with E-state index >= 15 is 0 Å². The second-order valence-corrected chi connectivity index (χ2v) is 156. The molecule has 67 heteroatoms. The summed E-state index contributed by atoms with van der Waals surface area (Å²) < 4.78 is 79.2. The first kappa shape index (κ1) is 80.1. The molecule has 405 valence electrons. The lowest BCUT2D eigenvalue weighted by Gasteiger charge is -2.69. The molecule has 5 unspecified atom stereocenters. The van der Waals surface area contributed by atoms with Gasteiger partial charge in [-0.25, -0.2) is 0 Å². The summed E-state index contributed by atoms with van der Waals surface area (Å²) in [5, 5.41) is 0. The summed E-state index contributed by atoms with van der Waals surface area (Å²) in [6, 6.07) is 0. The maximum absolute atomic E-state index is 12.9. The smallest absolute Gasteiger partial charge is 0.420 e. The van der Waals surface area contributed by atoms with Gasteiger partial charge in [0.15, 0.2) is 17.6 Å². The minimum atomic E-state index is -7.31. The quantitative estimate of drug-likeness (QED) is 0.0252. The average Bonchev–Trinajstić information content (AvgIpc) is 3.37. The van der Waals surface area contributed by atoms with Gasteiger partial charge in [0, 0.05) is 0 Å². The molecule has 0 fully saturated rings. The van der Waals surface area contributed by atoms with Gasteiger partial charge in [-0.05, 0) is 32.7 Å². The summed E-state index contributed by atoms with van der Waals surface area (Å²) in [6.45, 7) is -28.4. The third kappa shape index (κ3) is 16.2. The zero-order valence-corrected chi connectivity index (χ0v) is 72.5. The van der Waals surface area contributed by atoms with Crippen LogP contribution in [0.4, 0.5) is 0 Å². The fourth-order valence-electron chi connectivity index (χ4n) is 6.76. The molecule has 0 saturated heterocycles. The molecule has 0 aromatic rings. The van der Waals surface area contributed by atoms with Crippen LogP contribution in [0.3, 0.4) is 0 Å². The maximum atomic E-state index is 12.9. The molecule has 0 aromatic heterocycles. The zero-order chi connectivity index (χ0) is 57.7. The third-order valence-corrected chi connectivity index (χ3v) is 269. The molecule has 0 aliphatic rings. The van der Waals surface area contributed by atoms with Crippen LogP contribution in [0.25, 0.3) is 0 Å². The van der Waals surface area contributed by atoms with Crippen molar-refractivity contribution in [3.8, 4) is 0 Å². The molecule has 0 saturated carbocycles. The summed E-state index contributed by atoms with van der Waals surface area (Å²) in [6.07, 6.45) is 0. The molecule has 74 heavy (non-hydrogen) atoms. The summed E-state index contributed by atoms with van der Waals surface area (Å²) >= 11 is 0. The minimum absolute atomic E-state index is 1.02. The number of rotatable bonds is 45. The van der Waals surface area contributed by atoms with Crippen LogP contribution in [-0.4, -0.2) is 396 Å². The SMILES string of the molecule is C[Si](C)O[Si](C)(C)O[Si](O[Si](O[Si]O)([Si]O)[Si](O)[Si](C)C)([Si](O[Si](O[Si]O)([Si]O)[Si]O)([Si](O[Si]O)([Si]O)[Si]O)[Si](O[Si]O)([Si]O)[Si]O)[Si](O[Si](O[Si]O)([Si]O)[Si]O)([Si](O[Si]O)([Si]O)[Si]O)[Si](O[Si]O)([Si]O)[SiH](C)O. The highest BCUT2D eigenvalue weighted by Gasteiger charge is 3.00. The predicted molar refractivity (Wildman–Crippen MR) is 298 cm³/mol. The maximum Gasteiger partial charge on any atom is 0.420 e. The Morgan fingerprint density at radius 3 is 0.986 bits per heavy atom. The van der Waals surface area contributed by atoms with Crippen molar-refractivity contribution in [1.82, 2.24) is 0 Å². The Bertz CT molecular complexity index is 1510. The summed E-state index contributed by atoms with van der Waals surface area (Å²) in [5.41, 5.74) is 0. The van der Waals surface area contributed by atoms with E-state index in [0.29, 0.717) is 0 Å². The highest BCUT2D eigenvalue weighted by molar-refractivity contribution is 8.23. The number of hydrogen-bond acceptors (Lipinski definition) is 33. The van der Waals surface area contributed by atoms with E-state index in [4.69, 9.17) is 49.4 Å². The Morgan fingerprint density at radius 2 is 0.730 bits per heavy atom. The largest absolute Gasteiger partial charge is 0.437 e. The molecule has 0 aromatic carbocycles. The van der Waals surface area contributed by atoms with Gasteiger partial charge < -0.3 is 150 Å². The Kier molecular flexibility index (Phi) is 39.4. The fraction of sp³-hybridized carbons (Fsp3) is 1.00. The molecular formula is C7H43O33Si34. The lowest BCUT2D eigenvalue weighted by atomic mass is 11.9. The molecule has 0 rings (SSSR count). The monoisotopic (exact) mass is 1610 g/mol. The van der Waals surface area contributed by atoms with Crippen LogP contribution in [0.2, 0.25) is 45.8 Å². The Morgan fingerprint density at radius 1 is 0.392 bits per heavy atom. The second-order valence-electron chi connectivity index (χ2n) is 14.1. The lowest BCUT2D eigenvalue weighted by Crippen LogP contribution is -3.13. The van der Waals surface area contributed by atoms with Crippen molar-refractivity contribution in [3.05, 3.63) is 0 Å². The molecular weight excluding hydrogens is 1570 g/mol. The molecule has 21 N–H and O–H groups in total. The van der Waals surface area contributed by atoms with E-state index < -0.39 is 296 Å². The van der Waals surface area contributed by atoms with Gasteiger partial charge in [-0.3, -0.25) is 0 Å². The van der Waals surface area contributed by atoms with Gasteiger partial charge in [0.25, 0.3) is 60.1 Å². The first-order valence-electron chi connectivity index (χ1n) is 18.5. The van der Waals surface area contributed by atoms with Crippen molar-refractivity contribution >= 4 is 296 Å². The van der Waals surface area contributed by atoms with Gasteiger partial charge >= 0.3 is 109 Å². The van der Waals surface area contributed by atoms with E-state index in [1.807, 2.05) is 0 Å². The van der Waals surface area contributed by atoms with E-state index in [1.165, 1.54) is 26.2 Å². The summed E-state index contributed by atoms with van der Waals surface area (Å²) in [7, 11) is -79.3. The van der Waals surface area contributed by atoms with E-state index in [2.05, 4.69) is 0 Å². The van der Waals surface area contributed by atoms with Crippen LogP contribution < -0.4 is 0 Å². The van der Waals surface area contributed by atoms with Crippen molar-refractivity contribution in [1.29, 1.82) is 0 Å². The lowest BCUT2D eigenvalue weighted by molar-refractivity contribution is 0.304. The molecule has 0 bridgehead atoms. The standard InChI is InChI=1S/C7H43O33Si34/c1-60(2)36-64(6,7)37-68(40-67(52-19,31-43-10)63(28)61(3)4,73(69(53-20,54-21)32-44-11,70(55-22,56-23)33-45-12)38-65(48-15,49-16)29-41-8)74(71(57-24,58-25)34-46-13,39-66(50-17,51-18)30-42-9)72(59-26,35-47-14)62(5)27/h8-28,62H,1-7H3. The predicted octanol–water partition coefficient (Wildman–Crippen LogP) is -21.6. The van der Waals surface area contributed by atoms with Gasteiger partial charge in [-0.2, -0.15) is 0 Å². The van der Waals surface area contributed by atoms with Crippen molar-refractivity contribution in [2.45, 2.75) is 45.8 Å². The molecule has 0 heterocycles. The minimum Gasteiger partial charge on any atom is -0.437 e. The van der Waals surface area contributed by atoms with Gasteiger partial charge in [-0.15, -0.1) is 0 Å². The Labute approximate surface area is 486 Å². The Hall–Kier alpha value is 6.05. The fourth-order valence-corrected chi connectivity index (χ4v) is 455. The molecule has 41 radical (unpaired) electrons. The van der Waals surface area contributed by atoms with Crippen molar-refractivity contribution in [2.24, 2.45) is 0 Å². The zero-order valence-electron chi connectivity index (χ0n) is 38.4. The van der Waals surface area contributed by atoms with Crippen molar-refractivity contribution in [2.75, 3.05) is 0 Å². The summed E-state index contributed by atoms with van der Waals surface area (Å²) in [4.78, 5) is 248. The average molecular weight is 1610 g/mol. The van der Waals surface area contributed by atoms with Crippen LogP contribution in [0, 0.1) is 0 Å². The van der Waals surface area contributed by atoms with Crippen LogP contribution in [0.5, 0.6) is 0 Å². The topological polar surface area (TPSA) is 536 Å². The van der Waals surface area contributed by atoms with Gasteiger partial charge in [0.1, 0.15) is 0 Å². The highest BCUT2D eigenvalue weighted by Crippen LogP contribution is 2.52.